The van der Waals surface area contributed by atoms with E-state index in [9.17, 15) is 24.6 Å². The van der Waals surface area contributed by atoms with E-state index in [-0.39, 0.29) is 48.8 Å². The molecule has 2 saturated heterocycles. The van der Waals surface area contributed by atoms with Gasteiger partial charge in [-0.15, -0.1) is 0 Å². The van der Waals surface area contributed by atoms with Crippen LogP contribution in [0.15, 0.2) is 36.0 Å². The first-order valence-electron chi connectivity index (χ1n) is 19.7. The fourth-order valence-electron chi connectivity index (χ4n) is 7.90. The molecule has 3 heterocycles. The number of esters is 1. The van der Waals surface area contributed by atoms with Crippen LogP contribution in [-0.2, 0) is 14.3 Å². The predicted molar refractivity (Wildman–Crippen MR) is 199 cm³/mol. The highest BCUT2D eigenvalue weighted by molar-refractivity contribution is 5.75. The SMILES string of the molecule is C/C(=C\C=C\[C@@H](C)CNC(=O)N1CCC[C@H]1CO)[C@H]1OC(=O)C[C@H](C)CC[C@@](C)(O)[C@@H](OC(=O)N2CCN(C3CCCCCC3)CC2)/C=C/[C@@H]1C. The van der Waals surface area contributed by atoms with E-state index in [0.29, 0.717) is 45.1 Å². The summed E-state index contributed by atoms with van der Waals surface area (Å²) < 4.78 is 12.1. The number of piperazine rings is 1. The lowest BCUT2D eigenvalue weighted by Crippen LogP contribution is -2.53. The highest BCUT2D eigenvalue weighted by Crippen LogP contribution is 2.29. The molecular weight excluding hydrogens is 648 g/mol. The molecule has 0 bridgehead atoms. The van der Waals surface area contributed by atoms with Gasteiger partial charge in [-0.2, -0.15) is 0 Å². The van der Waals surface area contributed by atoms with Gasteiger partial charge in [-0.25, -0.2) is 9.59 Å². The lowest BCUT2D eigenvalue weighted by atomic mass is 9.87. The van der Waals surface area contributed by atoms with Crippen LogP contribution in [0.4, 0.5) is 9.59 Å². The number of cyclic esters (lactones) is 1. The molecule has 11 nitrogen and oxygen atoms in total. The van der Waals surface area contributed by atoms with Gasteiger partial charge < -0.3 is 34.8 Å². The van der Waals surface area contributed by atoms with Crippen molar-refractivity contribution in [2.24, 2.45) is 17.8 Å². The Kier molecular flexibility index (Phi) is 15.9. The Hall–Kier alpha value is -2.89. The van der Waals surface area contributed by atoms with Gasteiger partial charge in [0.25, 0.3) is 0 Å². The van der Waals surface area contributed by atoms with E-state index in [2.05, 4.69) is 10.2 Å². The van der Waals surface area contributed by atoms with Gasteiger partial charge in [-0.1, -0.05) is 70.8 Å². The molecule has 0 radical (unpaired) electrons. The molecule has 0 aromatic carbocycles. The Morgan fingerprint density at radius 3 is 2.43 bits per heavy atom. The van der Waals surface area contributed by atoms with Crippen molar-refractivity contribution in [3.8, 4) is 0 Å². The van der Waals surface area contributed by atoms with Crippen molar-refractivity contribution < 1.29 is 34.1 Å². The van der Waals surface area contributed by atoms with Crippen LogP contribution in [0.2, 0.25) is 0 Å². The number of amides is 3. The number of ether oxygens (including phenoxy) is 2. The molecular formula is C40H66N4O7. The van der Waals surface area contributed by atoms with Crippen molar-refractivity contribution in [2.45, 2.75) is 135 Å². The number of hydrogen-bond donors (Lipinski definition) is 3. The average Bonchev–Trinajstić information content (AvgIpc) is 3.43. The minimum absolute atomic E-state index is 0.0196. The number of carbonyl (C=O) groups excluding carboxylic acids is 3. The normalized spacial score (nSPS) is 32.4. The molecule has 4 rings (SSSR count). The highest BCUT2D eigenvalue weighted by atomic mass is 16.6. The van der Waals surface area contributed by atoms with Crippen LogP contribution in [0.25, 0.3) is 0 Å². The van der Waals surface area contributed by atoms with Crippen LogP contribution in [0.1, 0.15) is 105 Å². The molecule has 3 aliphatic heterocycles. The number of aliphatic hydroxyl groups excluding tert-OH is 1. The number of nitrogens with one attached hydrogen (secondary N) is 1. The third-order valence-electron chi connectivity index (χ3n) is 11.4. The van der Waals surface area contributed by atoms with Gasteiger partial charge in [0.05, 0.1) is 12.6 Å². The number of rotatable bonds is 8. The number of likely N-dealkylation sites (tertiary alicyclic amines) is 1. The van der Waals surface area contributed by atoms with E-state index < -0.39 is 23.9 Å². The van der Waals surface area contributed by atoms with Crippen molar-refractivity contribution in [2.75, 3.05) is 45.9 Å². The molecule has 0 unspecified atom stereocenters. The van der Waals surface area contributed by atoms with E-state index in [1.807, 2.05) is 52.0 Å². The van der Waals surface area contributed by atoms with Gasteiger partial charge in [0, 0.05) is 57.6 Å². The molecule has 288 valence electrons. The summed E-state index contributed by atoms with van der Waals surface area (Å²) in [6.07, 6.45) is 18.3. The number of nitrogens with zero attached hydrogens (tertiary/aromatic N) is 3. The summed E-state index contributed by atoms with van der Waals surface area (Å²) in [5.74, 6) is -0.507. The lowest BCUT2D eigenvalue weighted by Gasteiger charge is -2.40. The maximum Gasteiger partial charge on any atom is 0.410 e. The van der Waals surface area contributed by atoms with Crippen molar-refractivity contribution in [1.29, 1.82) is 0 Å². The first-order chi connectivity index (χ1) is 24.4. The van der Waals surface area contributed by atoms with Crippen LogP contribution in [0.3, 0.4) is 0 Å². The Labute approximate surface area is 306 Å². The summed E-state index contributed by atoms with van der Waals surface area (Å²) in [5, 5.41) is 24.2. The van der Waals surface area contributed by atoms with Gasteiger partial charge in [0.1, 0.15) is 11.7 Å². The van der Waals surface area contributed by atoms with Crippen molar-refractivity contribution in [3.63, 3.8) is 0 Å². The topological polar surface area (TPSA) is 132 Å². The molecule has 3 N–H and O–H groups in total. The number of urea groups is 1. The molecule has 51 heavy (non-hydrogen) atoms. The second-order valence-electron chi connectivity index (χ2n) is 16.0. The Bertz CT molecular complexity index is 1220. The highest BCUT2D eigenvalue weighted by Gasteiger charge is 2.37. The lowest BCUT2D eigenvalue weighted by molar-refractivity contribution is -0.150. The first-order valence-corrected chi connectivity index (χ1v) is 19.7. The van der Waals surface area contributed by atoms with E-state index in [0.717, 1.165) is 31.5 Å². The van der Waals surface area contributed by atoms with Crippen LogP contribution >= 0.6 is 0 Å². The minimum atomic E-state index is -1.31. The predicted octanol–water partition coefficient (Wildman–Crippen LogP) is 5.81. The summed E-state index contributed by atoms with van der Waals surface area (Å²) in [6, 6.07) is 0.347. The standard InChI is InChI=1S/C40H66N4O7/c1-29-19-20-40(5,49)35(50-39(48)43-24-22-42(23-25-43)33-14-8-6-7-9-15-33)18-17-32(4)37(51-36(46)26-29)31(3)13-10-12-30(2)27-41-38(47)44-21-11-16-34(44)28-45/h10,12-13,17-18,29-30,32-35,37,45,49H,6-9,11,14-16,19-28H2,1-5H3,(H,41,47)/b12-10+,18-17+,31-13+/t29-,30-,32+,34+,35+,37-,40-/m1/s1. The third-order valence-corrected chi connectivity index (χ3v) is 11.4. The fourth-order valence-corrected chi connectivity index (χ4v) is 7.90. The smallest absolute Gasteiger partial charge is 0.410 e. The first kappa shape index (κ1) is 40.9. The molecule has 11 heteroatoms. The van der Waals surface area contributed by atoms with Crippen LogP contribution in [0.5, 0.6) is 0 Å². The molecule has 7 atom stereocenters. The van der Waals surface area contributed by atoms with Crippen molar-refractivity contribution in [1.82, 2.24) is 20.0 Å². The van der Waals surface area contributed by atoms with Crippen LogP contribution < -0.4 is 5.32 Å². The maximum absolute atomic E-state index is 13.5. The summed E-state index contributed by atoms with van der Waals surface area (Å²) in [7, 11) is 0. The molecule has 3 amide bonds. The maximum atomic E-state index is 13.5. The third kappa shape index (κ3) is 12.3. The van der Waals surface area contributed by atoms with Gasteiger partial charge in [-0.05, 0) is 75.9 Å². The van der Waals surface area contributed by atoms with Crippen molar-refractivity contribution in [3.05, 3.63) is 36.0 Å². The average molecular weight is 715 g/mol. The number of carbonyl (C=O) groups is 3. The van der Waals surface area contributed by atoms with E-state index in [1.165, 1.54) is 38.5 Å². The molecule has 4 aliphatic rings. The largest absolute Gasteiger partial charge is 0.457 e. The zero-order chi connectivity index (χ0) is 37.0. The summed E-state index contributed by atoms with van der Waals surface area (Å²) >= 11 is 0. The Balaban J connectivity index is 1.39. The number of allylic oxidation sites excluding steroid dienone is 2. The molecule has 1 saturated carbocycles. The number of aliphatic hydroxyl groups is 2. The summed E-state index contributed by atoms with van der Waals surface area (Å²) in [4.78, 5) is 45.2. The monoisotopic (exact) mass is 714 g/mol. The zero-order valence-corrected chi connectivity index (χ0v) is 31.9. The van der Waals surface area contributed by atoms with Crippen LogP contribution in [0, 0.1) is 17.8 Å². The molecule has 1 aliphatic carbocycles. The number of hydrogen-bond acceptors (Lipinski definition) is 8. The van der Waals surface area contributed by atoms with E-state index in [1.54, 1.807) is 22.8 Å². The second-order valence-corrected chi connectivity index (χ2v) is 16.0. The fraction of sp³-hybridized carbons (Fsp3) is 0.775. The van der Waals surface area contributed by atoms with Gasteiger partial charge >= 0.3 is 18.1 Å². The second kappa shape index (κ2) is 19.8. The van der Waals surface area contributed by atoms with Gasteiger partial charge in [0.15, 0.2) is 6.10 Å². The van der Waals surface area contributed by atoms with E-state index in [4.69, 9.17) is 9.47 Å². The van der Waals surface area contributed by atoms with Gasteiger partial charge in [-0.3, -0.25) is 9.69 Å². The summed E-state index contributed by atoms with van der Waals surface area (Å²) in [5.41, 5.74) is -0.458. The quantitative estimate of drug-likeness (QED) is 0.124. The van der Waals surface area contributed by atoms with Gasteiger partial charge in [0.2, 0.25) is 0 Å². The van der Waals surface area contributed by atoms with Crippen molar-refractivity contribution >= 4 is 18.1 Å². The zero-order valence-electron chi connectivity index (χ0n) is 31.9. The minimum Gasteiger partial charge on any atom is -0.457 e. The van der Waals surface area contributed by atoms with Crippen LogP contribution in [-0.4, -0.2) is 119 Å². The Morgan fingerprint density at radius 2 is 1.75 bits per heavy atom. The molecule has 0 aromatic rings. The molecule has 0 aromatic heterocycles. The summed E-state index contributed by atoms with van der Waals surface area (Å²) in [6.45, 7) is 13.6. The Morgan fingerprint density at radius 1 is 1.04 bits per heavy atom. The molecule has 3 fully saturated rings. The van der Waals surface area contributed by atoms with E-state index >= 15 is 0 Å². The molecule has 0 spiro atoms.